The van der Waals surface area contributed by atoms with Crippen molar-refractivity contribution in [1.29, 1.82) is 0 Å². The Morgan fingerprint density at radius 1 is 1.10 bits per heavy atom. The van der Waals surface area contributed by atoms with Crippen LogP contribution >= 0.6 is 11.3 Å². The number of aryl methyl sites for hydroxylation is 1. The molecule has 0 unspecified atom stereocenters. The Bertz CT molecular complexity index is 1180. The van der Waals surface area contributed by atoms with Gasteiger partial charge in [-0.05, 0) is 48.2 Å². The maximum Gasteiger partial charge on any atom is 0.265 e. The Hall–Kier alpha value is -3.17. The topological polar surface area (TPSA) is 110 Å². The zero-order valence-electron chi connectivity index (χ0n) is 16.5. The quantitative estimate of drug-likeness (QED) is 0.584. The van der Waals surface area contributed by atoms with E-state index in [0.29, 0.717) is 16.8 Å². The molecule has 0 fully saturated rings. The van der Waals surface area contributed by atoms with E-state index in [4.69, 9.17) is 5.73 Å². The highest BCUT2D eigenvalue weighted by atomic mass is 32.2. The van der Waals surface area contributed by atoms with Gasteiger partial charge in [-0.25, -0.2) is 8.42 Å². The van der Waals surface area contributed by atoms with Crippen LogP contribution in [0.5, 0.6) is 0 Å². The highest BCUT2D eigenvalue weighted by molar-refractivity contribution is 7.93. The van der Waals surface area contributed by atoms with Crippen molar-refractivity contribution in [2.24, 2.45) is 5.73 Å². The summed E-state index contributed by atoms with van der Waals surface area (Å²) in [5.41, 5.74) is 7.77. The van der Waals surface area contributed by atoms with E-state index in [1.54, 1.807) is 61.0 Å². The monoisotopic (exact) mass is 443 g/mol. The zero-order valence-corrected chi connectivity index (χ0v) is 18.1. The third kappa shape index (κ3) is 4.87. The zero-order chi connectivity index (χ0) is 21.9. The lowest BCUT2D eigenvalue weighted by Crippen LogP contribution is -2.27. The van der Waals surface area contributed by atoms with Crippen molar-refractivity contribution >= 4 is 38.9 Å². The third-order valence-corrected chi connectivity index (χ3v) is 6.85. The molecule has 0 atom stereocenters. The molecule has 2 amide bonds. The fraction of sp³-hybridized carbons (Fsp3) is 0.143. The summed E-state index contributed by atoms with van der Waals surface area (Å²) >= 11 is 1.06. The second-order valence-corrected chi connectivity index (χ2v) is 9.38. The number of nitrogens with one attached hydrogen (secondary N) is 1. The SMILES string of the molecule is Cc1ccc(NS(=O)(=O)c2ccsc2C(=O)N(C)Cc2cccc(C(N)=O)c2)cc1. The van der Waals surface area contributed by atoms with E-state index >= 15 is 0 Å². The van der Waals surface area contributed by atoms with E-state index < -0.39 is 21.8 Å². The van der Waals surface area contributed by atoms with Crippen molar-refractivity contribution in [1.82, 2.24) is 4.90 Å². The first-order chi connectivity index (χ1) is 14.2. The van der Waals surface area contributed by atoms with Crippen molar-refractivity contribution < 1.29 is 18.0 Å². The predicted octanol–water partition coefficient (Wildman–Crippen LogP) is 3.23. The van der Waals surface area contributed by atoms with E-state index in [1.165, 1.54) is 11.0 Å². The molecule has 0 aliphatic carbocycles. The number of primary amides is 1. The van der Waals surface area contributed by atoms with Gasteiger partial charge >= 0.3 is 0 Å². The number of amides is 2. The maximum absolute atomic E-state index is 12.9. The first-order valence-corrected chi connectivity index (χ1v) is 11.3. The average Bonchev–Trinajstić information content (AvgIpc) is 3.20. The molecular weight excluding hydrogens is 422 g/mol. The molecule has 0 bridgehead atoms. The number of thiophene rings is 1. The third-order valence-electron chi connectivity index (χ3n) is 4.39. The lowest BCUT2D eigenvalue weighted by molar-refractivity contribution is 0.0786. The Morgan fingerprint density at radius 3 is 2.47 bits per heavy atom. The first-order valence-electron chi connectivity index (χ1n) is 8.98. The van der Waals surface area contributed by atoms with Crippen molar-refractivity contribution in [3.05, 3.63) is 81.5 Å². The highest BCUT2D eigenvalue weighted by Gasteiger charge is 2.26. The number of carbonyl (C=O) groups is 2. The van der Waals surface area contributed by atoms with Crippen LogP contribution in [0.4, 0.5) is 5.69 Å². The summed E-state index contributed by atoms with van der Waals surface area (Å²) < 4.78 is 28.2. The highest BCUT2D eigenvalue weighted by Crippen LogP contribution is 2.26. The maximum atomic E-state index is 12.9. The smallest absolute Gasteiger partial charge is 0.265 e. The van der Waals surface area contributed by atoms with Gasteiger partial charge in [0, 0.05) is 24.8 Å². The predicted molar refractivity (Wildman–Crippen MR) is 117 cm³/mol. The molecule has 0 radical (unpaired) electrons. The van der Waals surface area contributed by atoms with Gasteiger partial charge in [-0.3, -0.25) is 14.3 Å². The van der Waals surface area contributed by atoms with Gasteiger partial charge in [0.05, 0.1) is 0 Å². The van der Waals surface area contributed by atoms with E-state index in [0.717, 1.165) is 16.9 Å². The second-order valence-electron chi connectivity index (χ2n) is 6.81. The summed E-state index contributed by atoms with van der Waals surface area (Å²) in [4.78, 5) is 25.7. The van der Waals surface area contributed by atoms with Gasteiger partial charge in [-0.15, -0.1) is 11.3 Å². The fourth-order valence-electron chi connectivity index (χ4n) is 2.84. The fourth-order valence-corrected chi connectivity index (χ4v) is 5.31. The van der Waals surface area contributed by atoms with Gasteiger partial charge in [0.15, 0.2) is 0 Å². The van der Waals surface area contributed by atoms with Crippen LogP contribution in [-0.2, 0) is 16.6 Å². The Kier molecular flexibility index (Phi) is 6.23. The number of benzene rings is 2. The molecule has 7 nitrogen and oxygen atoms in total. The van der Waals surface area contributed by atoms with Crippen molar-refractivity contribution in [3.8, 4) is 0 Å². The summed E-state index contributed by atoms with van der Waals surface area (Å²) in [6, 6.07) is 15.0. The number of rotatable bonds is 7. The van der Waals surface area contributed by atoms with Crippen LogP contribution in [-0.4, -0.2) is 32.2 Å². The van der Waals surface area contributed by atoms with Crippen LogP contribution in [0, 0.1) is 6.92 Å². The van der Waals surface area contributed by atoms with Crippen LogP contribution in [0.3, 0.4) is 0 Å². The van der Waals surface area contributed by atoms with Crippen LogP contribution in [0.1, 0.15) is 31.2 Å². The van der Waals surface area contributed by atoms with Crippen molar-refractivity contribution in [3.63, 3.8) is 0 Å². The largest absolute Gasteiger partial charge is 0.366 e. The van der Waals surface area contributed by atoms with E-state index in [1.807, 2.05) is 6.92 Å². The molecule has 1 heterocycles. The Morgan fingerprint density at radius 2 is 1.80 bits per heavy atom. The van der Waals surface area contributed by atoms with Gasteiger partial charge in [0.25, 0.3) is 15.9 Å². The summed E-state index contributed by atoms with van der Waals surface area (Å²) in [5.74, 6) is -0.988. The molecule has 2 aromatic carbocycles. The van der Waals surface area contributed by atoms with Gasteiger partial charge in [-0.2, -0.15) is 0 Å². The van der Waals surface area contributed by atoms with E-state index in [9.17, 15) is 18.0 Å². The molecule has 0 spiro atoms. The minimum atomic E-state index is -3.93. The molecule has 3 rings (SSSR count). The minimum Gasteiger partial charge on any atom is -0.366 e. The van der Waals surface area contributed by atoms with Gasteiger partial charge in [-0.1, -0.05) is 29.8 Å². The van der Waals surface area contributed by atoms with Crippen LogP contribution < -0.4 is 10.5 Å². The lowest BCUT2D eigenvalue weighted by atomic mass is 10.1. The molecule has 0 aliphatic heterocycles. The van der Waals surface area contributed by atoms with E-state index in [2.05, 4.69) is 4.72 Å². The number of hydrogen-bond donors (Lipinski definition) is 2. The molecule has 0 aliphatic rings. The Labute approximate surface area is 179 Å². The number of nitrogens with two attached hydrogens (primary N) is 1. The molecule has 9 heteroatoms. The summed E-state index contributed by atoms with van der Waals surface area (Å²) in [6.07, 6.45) is 0. The molecule has 3 N–H and O–H groups in total. The van der Waals surface area contributed by atoms with Gasteiger partial charge in [0.2, 0.25) is 5.91 Å². The van der Waals surface area contributed by atoms with Gasteiger partial charge in [0.1, 0.15) is 9.77 Å². The van der Waals surface area contributed by atoms with Crippen molar-refractivity contribution in [2.45, 2.75) is 18.4 Å². The van der Waals surface area contributed by atoms with Gasteiger partial charge < -0.3 is 10.6 Å². The summed E-state index contributed by atoms with van der Waals surface area (Å²) in [7, 11) is -2.36. The Balaban J connectivity index is 1.81. The molecule has 1 aromatic heterocycles. The average molecular weight is 444 g/mol. The minimum absolute atomic E-state index is 0.0733. The number of nitrogens with zero attached hydrogens (tertiary/aromatic N) is 1. The number of carbonyl (C=O) groups excluding carboxylic acids is 2. The van der Waals surface area contributed by atoms with Crippen LogP contribution in [0.2, 0.25) is 0 Å². The molecule has 30 heavy (non-hydrogen) atoms. The molecule has 0 saturated carbocycles. The molecule has 0 saturated heterocycles. The molecule has 3 aromatic rings. The second kappa shape index (κ2) is 8.68. The number of sulfonamides is 1. The molecular formula is C21H21N3O4S2. The van der Waals surface area contributed by atoms with Crippen LogP contribution in [0.25, 0.3) is 0 Å². The lowest BCUT2D eigenvalue weighted by Gasteiger charge is -2.18. The normalized spacial score (nSPS) is 11.1. The number of hydrogen-bond acceptors (Lipinski definition) is 5. The first kappa shape index (κ1) is 21.5. The van der Waals surface area contributed by atoms with E-state index in [-0.39, 0.29) is 16.3 Å². The number of anilines is 1. The molecule has 156 valence electrons. The standard InChI is InChI=1S/C21H21N3O4S2/c1-14-6-8-17(9-7-14)23-30(27,28)18-10-11-29-19(18)21(26)24(2)13-15-4-3-5-16(12-15)20(22)25/h3-12,23H,13H2,1-2H3,(H2,22,25). The summed E-state index contributed by atoms with van der Waals surface area (Å²) in [6.45, 7) is 2.10. The summed E-state index contributed by atoms with van der Waals surface area (Å²) in [5, 5.41) is 1.57. The van der Waals surface area contributed by atoms with Crippen molar-refractivity contribution in [2.75, 3.05) is 11.8 Å². The van der Waals surface area contributed by atoms with Crippen LogP contribution in [0.15, 0.2) is 64.9 Å².